The number of rotatable bonds is 4. The SMILES string of the molecule is CCN1CCCC[C@@H]1C(=O)NCC1CCC2(CC1)OCCO2. The number of nitrogens with zero attached hydrogens (tertiary/aromatic N) is 1. The molecule has 22 heavy (non-hydrogen) atoms. The smallest absolute Gasteiger partial charge is 0.237 e. The molecule has 1 amide bonds. The number of hydrogen-bond acceptors (Lipinski definition) is 4. The molecule has 1 aliphatic carbocycles. The summed E-state index contributed by atoms with van der Waals surface area (Å²) in [6, 6.07) is 0.0928. The number of likely N-dealkylation sites (tertiary alicyclic amines) is 1. The molecule has 126 valence electrons. The average molecular weight is 310 g/mol. The van der Waals surface area contributed by atoms with E-state index < -0.39 is 0 Å². The van der Waals surface area contributed by atoms with E-state index in [0.29, 0.717) is 5.92 Å². The standard InChI is InChI=1S/C17H30N2O3/c1-2-19-10-4-3-5-15(19)16(20)18-13-14-6-8-17(9-7-14)21-11-12-22-17/h14-15H,2-13H2,1H3,(H,18,20)/t15-/m1/s1. The summed E-state index contributed by atoms with van der Waals surface area (Å²) in [7, 11) is 0. The van der Waals surface area contributed by atoms with Crippen LogP contribution in [0.3, 0.4) is 0 Å². The van der Waals surface area contributed by atoms with Gasteiger partial charge in [0.05, 0.1) is 19.3 Å². The Bertz CT molecular complexity index is 372. The highest BCUT2D eigenvalue weighted by Gasteiger charge is 2.40. The molecular formula is C17H30N2O3. The first-order chi connectivity index (χ1) is 10.7. The Morgan fingerprint density at radius 3 is 2.59 bits per heavy atom. The van der Waals surface area contributed by atoms with E-state index >= 15 is 0 Å². The summed E-state index contributed by atoms with van der Waals surface area (Å²) in [6.45, 7) is 6.45. The van der Waals surface area contributed by atoms with Crippen LogP contribution < -0.4 is 5.32 Å². The second kappa shape index (κ2) is 7.28. The van der Waals surface area contributed by atoms with Crippen molar-refractivity contribution in [1.29, 1.82) is 0 Å². The van der Waals surface area contributed by atoms with Crippen molar-refractivity contribution >= 4 is 5.91 Å². The fourth-order valence-electron chi connectivity index (χ4n) is 4.14. The maximum Gasteiger partial charge on any atom is 0.237 e. The van der Waals surface area contributed by atoms with Crippen molar-refractivity contribution in [3.05, 3.63) is 0 Å². The predicted molar refractivity (Wildman–Crippen MR) is 84.5 cm³/mol. The first kappa shape index (κ1) is 16.2. The molecule has 2 aliphatic heterocycles. The number of ether oxygens (including phenoxy) is 2. The lowest BCUT2D eigenvalue weighted by Crippen LogP contribution is -2.50. The zero-order valence-electron chi connectivity index (χ0n) is 13.8. The Labute approximate surface area is 133 Å². The van der Waals surface area contributed by atoms with Crippen molar-refractivity contribution in [3.63, 3.8) is 0 Å². The second-order valence-electron chi connectivity index (χ2n) is 6.94. The van der Waals surface area contributed by atoms with E-state index in [1.165, 1.54) is 12.8 Å². The topological polar surface area (TPSA) is 50.8 Å². The van der Waals surface area contributed by atoms with E-state index in [0.717, 1.165) is 65.0 Å². The summed E-state index contributed by atoms with van der Waals surface area (Å²) in [5.74, 6) is 0.513. The van der Waals surface area contributed by atoms with Gasteiger partial charge in [-0.05, 0) is 44.7 Å². The molecule has 3 fully saturated rings. The normalized spacial score (nSPS) is 29.8. The Balaban J connectivity index is 1.41. The molecule has 3 rings (SSSR count). The molecule has 0 unspecified atom stereocenters. The minimum absolute atomic E-state index is 0.0928. The number of carbonyl (C=O) groups excluding carboxylic acids is 1. The zero-order valence-corrected chi connectivity index (χ0v) is 13.8. The van der Waals surface area contributed by atoms with Crippen LogP contribution in [0.25, 0.3) is 0 Å². The van der Waals surface area contributed by atoms with E-state index in [4.69, 9.17) is 9.47 Å². The molecular weight excluding hydrogens is 280 g/mol. The molecule has 3 aliphatic rings. The second-order valence-corrected chi connectivity index (χ2v) is 6.94. The van der Waals surface area contributed by atoms with E-state index in [-0.39, 0.29) is 17.7 Å². The lowest BCUT2D eigenvalue weighted by molar-refractivity contribution is -0.182. The fourth-order valence-corrected chi connectivity index (χ4v) is 4.14. The summed E-state index contributed by atoms with van der Waals surface area (Å²) < 4.78 is 11.5. The van der Waals surface area contributed by atoms with E-state index in [2.05, 4.69) is 17.1 Å². The zero-order chi connectivity index (χ0) is 15.4. The third-order valence-corrected chi connectivity index (χ3v) is 5.57. The lowest BCUT2D eigenvalue weighted by atomic mass is 9.85. The highest BCUT2D eigenvalue weighted by Crippen LogP contribution is 2.38. The Hall–Kier alpha value is -0.650. The van der Waals surface area contributed by atoms with Crippen LogP contribution in [0.2, 0.25) is 0 Å². The summed E-state index contributed by atoms with van der Waals surface area (Å²) in [4.78, 5) is 14.8. The summed E-state index contributed by atoms with van der Waals surface area (Å²) in [6.07, 6.45) is 7.52. The van der Waals surface area contributed by atoms with Crippen LogP contribution in [0.15, 0.2) is 0 Å². The number of nitrogens with one attached hydrogen (secondary N) is 1. The molecule has 0 bridgehead atoms. The molecule has 0 aromatic carbocycles. The number of piperidine rings is 1. The minimum Gasteiger partial charge on any atom is -0.354 e. The van der Waals surface area contributed by atoms with Gasteiger partial charge in [-0.3, -0.25) is 9.69 Å². The van der Waals surface area contributed by atoms with Crippen LogP contribution in [0, 0.1) is 5.92 Å². The number of amides is 1. The van der Waals surface area contributed by atoms with Gasteiger partial charge >= 0.3 is 0 Å². The van der Waals surface area contributed by atoms with Crippen molar-refractivity contribution in [2.75, 3.05) is 32.8 Å². The molecule has 0 aromatic heterocycles. The van der Waals surface area contributed by atoms with Crippen LogP contribution in [-0.2, 0) is 14.3 Å². The molecule has 0 aromatic rings. The maximum atomic E-state index is 12.5. The van der Waals surface area contributed by atoms with Crippen LogP contribution >= 0.6 is 0 Å². The molecule has 1 saturated carbocycles. The van der Waals surface area contributed by atoms with E-state index in [1.807, 2.05) is 0 Å². The quantitative estimate of drug-likeness (QED) is 0.862. The fraction of sp³-hybridized carbons (Fsp3) is 0.941. The van der Waals surface area contributed by atoms with Gasteiger partial charge in [-0.15, -0.1) is 0 Å². The maximum absolute atomic E-state index is 12.5. The molecule has 1 N–H and O–H groups in total. The van der Waals surface area contributed by atoms with Gasteiger partial charge in [0.2, 0.25) is 5.91 Å². The van der Waals surface area contributed by atoms with Crippen molar-refractivity contribution in [3.8, 4) is 0 Å². The summed E-state index contributed by atoms with van der Waals surface area (Å²) >= 11 is 0. The molecule has 1 atom stereocenters. The first-order valence-electron chi connectivity index (χ1n) is 9.02. The largest absolute Gasteiger partial charge is 0.354 e. The highest BCUT2D eigenvalue weighted by molar-refractivity contribution is 5.81. The van der Waals surface area contributed by atoms with Gasteiger partial charge in [0.1, 0.15) is 0 Å². The van der Waals surface area contributed by atoms with Gasteiger partial charge in [-0.2, -0.15) is 0 Å². The van der Waals surface area contributed by atoms with Crippen LogP contribution in [0.5, 0.6) is 0 Å². The van der Waals surface area contributed by atoms with Crippen molar-refractivity contribution in [1.82, 2.24) is 10.2 Å². The van der Waals surface area contributed by atoms with Crippen LogP contribution in [0.4, 0.5) is 0 Å². The minimum atomic E-state index is -0.289. The van der Waals surface area contributed by atoms with Crippen molar-refractivity contribution < 1.29 is 14.3 Å². The average Bonchev–Trinajstić information content (AvgIpc) is 3.02. The third kappa shape index (κ3) is 3.63. The van der Waals surface area contributed by atoms with Gasteiger partial charge < -0.3 is 14.8 Å². The van der Waals surface area contributed by atoms with Gasteiger partial charge in [-0.25, -0.2) is 0 Å². The molecule has 5 heteroatoms. The van der Waals surface area contributed by atoms with E-state index in [9.17, 15) is 4.79 Å². The Kier molecular flexibility index (Phi) is 5.37. The van der Waals surface area contributed by atoms with Gasteiger partial charge in [-0.1, -0.05) is 13.3 Å². The van der Waals surface area contributed by atoms with E-state index in [1.54, 1.807) is 0 Å². The number of hydrogen-bond donors (Lipinski definition) is 1. The number of carbonyl (C=O) groups is 1. The molecule has 5 nitrogen and oxygen atoms in total. The van der Waals surface area contributed by atoms with Gasteiger partial charge in [0.15, 0.2) is 5.79 Å². The Morgan fingerprint density at radius 1 is 1.18 bits per heavy atom. The molecule has 2 saturated heterocycles. The summed E-state index contributed by atoms with van der Waals surface area (Å²) in [5, 5.41) is 3.20. The monoisotopic (exact) mass is 310 g/mol. The Morgan fingerprint density at radius 2 is 1.91 bits per heavy atom. The highest BCUT2D eigenvalue weighted by atomic mass is 16.7. The first-order valence-corrected chi connectivity index (χ1v) is 9.02. The van der Waals surface area contributed by atoms with Crippen LogP contribution in [0.1, 0.15) is 51.9 Å². The third-order valence-electron chi connectivity index (χ3n) is 5.57. The lowest BCUT2D eigenvalue weighted by Gasteiger charge is -2.36. The van der Waals surface area contributed by atoms with Gasteiger partial charge in [0.25, 0.3) is 0 Å². The molecule has 0 radical (unpaired) electrons. The molecule has 1 spiro atoms. The summed E-state index contributed by atoms with van der Waals surface area (Å²) in [5.41, 5.74) is 0. The van der Waals surface area contributed by atoms with Gasteiger partial charge in [0, 0.05) is 19.4 Å². The predicted octanol–water partition coefficient (Wildman–Crippen LogP) is 1.91. The van der Waals surface area contributed by atoms with Crippen molar-refractivity contribution in [2.24, 2.45) is 5.92 Å². The molecule has 2 heterocycles. The van der Waals surface area contributed by atoms with Crippen molar-refractivity contribution in [2.45, 2.75) is 63.7 Å². The number of likely N-dealkylation sites (N-methyl/N-ethyl adjacent to an activating group) is 1. The van der Waals surface area contributed by atoms with Crippen LogP contribution in [-0.4, -0.2) is 55.5 Å².